The van der Waals surface area contributed by atoms with Gasteiger partial charge in [-0.3, -0.25) is 4.98 Å². The second-order valence-corrected chi connectivity index (χ2v) is 11.1. The summed E-state index contributed by atoms with van der Waals surface area (Å²) in [5.74, 6) is -0.399. The molecule has 0 N–H and O–H groups in total. The van der Waals surface area contributed by atoms with E-state index in [2.05, 4.69) is 23.6 Å². The molecular formula is C29H39N3O3. The van der Waals surface area contributed by atoms with Crippen molar-refractivity contribution in [3.63, 3.8) is 0 Å². The summed E-state index contributed by atoms with van der Waals surface area (Å²) >= 11 is 0. The summed E-state index contributed by atoms with van der Waals surface area (Å²) in [7, 11) is 0. The minimum Gasteiger partial charge on any atom is -0.464 e. The Morgan fingerprint density at radius 2 is 1.74 bits per heavy atom. The molecule has 6 heteroatoms. The monoisotopic (exact) mass is 477 g/mol. The summed E-state index contributed by atoms with van der Waals surface area (Å²) in [6, 6.07) is 7.60. The van der Waals surface area contributed by atoms with Gasteiger partial charge in [0.1, 0.15) is 0 Å². The topological polar surface area (TPSA) is 56.0 Å². The minimum atomic E-state index is -0.894. The van der Waals surface area contributed by atoms with Gasteiger partial charge in [0.2, 0.25) is 0 Å². The molecule has 1 atom stereocenters. The molecule has 0 unspecified atom stereocenters. The Morgan fingerprint density at radius 1 is 1.14 bits per heavy atom. The third kappa shape index (κ3) is 6.21. The molecule has 2 aromatic rings. The number of hydrogen-bond acceptors (Lipinski definition) is 5. The van der Waals surface area contributed by atoms with E-state index in [1.807, 2.05) is 65.8 Å². The van der Waals surface area contributed by atoms with Crippen LogP contribution in [0.1, 0.15) is 77.4 Å². The van der Waals surface area contributed by atoms with Crippen LogP contribution in [0.5, 0.6) is 0 Å². The van der Waals surface area contributed by atoms with Gasteiger partial charge in [0, 0.05) is 35.6 Å². The van der Waals surface area contributed by atoms with E-state index in [9.17, 15) is 4.79 Å². The van der Waals surface area contributed by atoms with E-state index in [0.29, 0.717) is 5.69 Å². The van der Waals surface area contributed by atoms with Crippen molar-refractivity contribution in [2.45, 2.75) is 79.9 Å². The summed E-state index contributed by atoms with van der Waals surface area (Å²) in [5, 5.41) is 0. The number of piperidine rings is 1. The van der Waals surface area contributed by atoms with E-state index >= 15 is 0 Å². The van der Waals surface area contributed by atoms with E-state index in [4.69, 9.17) is 21.0 Å². The smallest absolute Gasteiger partial charge is 0.340 e. The predicted octanol–water partition coefficient (Wildman–Crippen LogP) is 6.96. The van der Waals surface area contributed by atoms with Gasteiger partial charge in [0.05, 0.1) is 24.5 Å². The number of hydrogen-bond donors (Lipinski definition) is 0. The fourth-order valence-electron chi connectivity index (χ4n) is 4.67. The first-order chi connectivity index (χ1) is 16.4. The van der Waals surface area contributed by atoms with Gasteiger partial charge in [-0.05, 0) is 65.4 Å². The molecule has 2 heterocycles. The molecule has 0 bridgehead atoms. The molecule has 1 fully saturated rings. The van der Waals surface area contributed by atoms with Gasteiger partial charge < -0.3 is 14.4 Å². The summed E-state index contributed by atoms with van der Waals surface area (Å²) in [4.78, 5) is 24.1. The van der Waals surface area contributed by atoms with Crippen LogP contribution in [0, 0.1) is 25.8 Å². The van der Waals surface area contributed by atoms with Crippen LogP contribution in [-0.2, 0) is 14.3 Å². The molecule has 1 saturated heterocycles. The summed E-state index contributed by atoms with van der Waals surface area (Å²) in [5.41, 5.74) is 5.67. The molecule has 1 aliphatic heterocycles. The number of nitrogens with zero attached hydrogens (tertiary/aromatic N) is 3. The van der Waals surface area contributed by atoms with E-state index in [1.54, 1.807) is 0 Å². The maximum Gasteiger partial charge on any atom is 0.340 e. The van der Waals surface area contributed by atoms with Crippen LogP contribution in [0.15, 0.2) is 24.3 Å². The first kappa shape index (κ1) is 26.7. The lowest BCUT2D eigenvalue weighted by molar-refractivity contribution is -0.166. The fraction of sp³-hybridized carbons (Fsp3) is 0.552. The molecule has 1 aliphatic rings. The van der Waals surface area contributed by atoms with Crippen LogP contribution in [0.4, 0.5) is 11.4 Å². The van der Waals surface area contributed by atoms with Crippen molar-refractivity contribution in [1.29, 1.82) is 0 Å². The summed E-state index contributed by atoms with van der Waals surface area (Å²) < 4.78 is 11.9. The summed E-state index contributed by atoms with van der Waals surface area (Å²) in [6.07, 6.45) is 1.20. The van der Waals surface area contributed by atoms with Crippen molar-refractivity contribution in [3.05, 3.63) is 52.6 Å². The van der Waals surface area contributed by atoms with Crippen molar-refractivity contribution in [1.82, 2.24) is 4.98 Å². The van der Waals surface area contributed by atoms with Crippen molar-refractivity contribution < 1.29 is 14.3 Å². The van der Waals surface area contributed by atoms with Gasteiger partial charge >= 0.3 is 5.97 Å². The molecule has 0 saturated carbocycles. The first-order valence-corrected chi connectivity index (χ1v) is 12.5. The Hall–Kier alpha value is -2.91. The third-order valence-corrected chi connectivity index (χ3v) is 6.53. The highest BCUT2D eigenvalue weighted by Crippen LogP contribution is 2.45. The van der Waals surface area contributed by atoms with Crippen molar-refractivity contribution >= 4 is 17.3 Å². The quantitative estimate of drug-likeness (QED) is 0.332. The van der Waals surface area contributed by atoms with Crippen LogP contribution in [0.25, 0.3) is 16.0 Å². The average Bonchev–Trinajstić information content (AvgIpc) is 2.77. The average molecular weight is 478 g/mol. The zero-order valence-electron chi connectivity index (χ0n) is 22.5. The lowest BCUT2D eigenvalue weighted by Crippen LogP contribution is -2.39. The normalized spacial score (nSPS) is 16.5. The molecule has 35 heavy (non-hydrogen) atoms. The van der Waals surface area contributed by atoms with Gasteiger partial charge in [0.25, 0.3) is 0 Å². The minimum absolute atomic E-state index is 0.272. The number of carbonyl (C=O) groups excluding carboxylic acids is 1. The molecule has 3 rings (SSSR count). The number of carbonyl (C=O) groups is 1. The predicted molar refractivity (Wildman–Crippen MR) is 141 cm³/mol. The number of aromatic nitrogens is 1. The fourth-order valence-corrected chi connectivity index (χ4v) is 4.67. The maximum absolute atomic E-state index is 13.3. The number of benzene rings is 1. The van der Waals surface area contributed by atoms with E-state index in [0.717, 1.165) is 59.7 Å². The van der Waals surface area contributed by atoms with Crippen molar-refractivity contribution in [2.24, 2.45) is 5.41 Å². The Morgan fingerprint density at radius 3 is 2.26 bits per heavy atom. The number of pyridine rings is 1. The van der Waals surface area contributed by atoms with Crippen LogP contribution in [-0.4, -0.2) is 36.3 Å². The third-order valence-electron chi connectivity index (χ3n) is 6.53. The Bertz CT molecular complexity index is 1100. The standard InChI is InChI=1S/C29H39N3O3/c1-10-34-27(33)26(35-28(4,5)6)24-20(3)31-19(2)23(21-11-13-22(30-9)14-12-21)25(24)32-17-15-29(7,8)16-18-32/h11-14,26H,10,15-18H2,1-8H3/t26-/m0/s1. The Kier molecular flexibility index (Phi) is 7.91. The number of rotatable bonds is 6. The van der Waals surface area contributed by atoms with Crippen LogP contribution in [0.2, 0.25) is 0 Å². The van der Waals surface area contributed by atoms with Crippen LogP contribution in [0.3, 0.4) is 0 Å². The largest absolute Gasteiger partial charge is 0.464 e. The molecule has 188 valence electrons. The lowest BCUT2D eigenvalue weighted by Gasteiger charge is -2.41. The van der Waals surface area contributed by atoms with E-state index < -0.39 is 17.7 Å². The highest BCUT2D eigenvalue weighted by molar-refractivity contribution is 5.88. The number of esters is 1. The van der Waals surface area contributed by atoms with E-state index in [1.165, 1.54) is 0 Å². The Labute approximate surface area is 210 Å². The molecule has 1 aromatic heterocycles. The Balaban J connectivity index is 2.30. The SMILES string of the molecule is [C-]#[N+]c1ccc(-c2c(C)nc(C)c([C@H](OC(C)(C)C)C(=O)OCC)c2N2CCC(C)(C)CC2)cc1. The van der Waals surface area contributed by atoms with Crippen molar-refractivity contribution in [2.75, 3.05) is 24.6 Å². The number of anilines is 1. The second kappa shape index (κ2) is 10.4. The van der Waals surface area contributed by atoms with Gasteiger partial charge in [-0.1, -0.05) is 38.1 Å². The van der Waals surface area contributed by atoms with Gasteiger partial charge in [0.15, 0.2) is 11.8 Å². The molecule has 0 spiro atoms. The molecule has 0 radical (unpaired) electrons. The number of ether oxygens (including phenoxy) is 2. The molecular weight excluding hydrogens is 438 g/mol. The van der Waals surface area contributed by atoms with Crippen molar-refractivity contribution in [3.8, 4) is 11.1 Å². The van der Waals surface area contributed by atoms with Gasteiger partial charge in [-0.2, -0.15) is 0 Å². The van der Waals surface area contributed by atoms with Crippen LogP contribution < -0.4 is 4.90 Å². The summed E-state index contributed by atoms with van der Waals surface area (Å²) in [6.45, 7) is 25.6. The highest BCUT2D eigenvalue weighted by Gasteiger charge is 2.37. The van der Waals surface area contributed by atoms with E-state index in [-0.39, 0.29) is 12.0 Å². The lowest BCUT2D eigenvalue weighted by atomic mass is 9.82. The second-order valence-electron chi connectivity index (χ2n) is 11.1. The highest BCUT2D eigenvalue weighted by atomic mass is 16.6. The molecule has 6 nitrogen and oxygen atoms in total. The maximum atomic E-state index is 13.3. The van der Waals surface area contributed by atoms with Crippen LogP contribution >= 0.6 is 0 Å². The van der Waals surface area contributed by atoms with Gasteiger partial charge in [-0.25, -0.2) is 9.64 Å². The zero-order valence-corrected chi connectivity index (χ0v) is 22.5. The molecule has 0 aliphatic carbocycles. The number of aryl methyl sites for hydroxylation is 2. The molecule has 0 amide bonds. The zero-order chi connectivity index (χ0) is 26.0. The van der Waals surface area contributed by atoms with Gasteiger partial charge in [-0.15, -0.1) is 0 Å². The first-order valence-electron chi connectivity index (χ1n) is 12.5. The molecule has 1 aromatic carbocycles.